The van der Waals surface area contributed by atoms with Gasteiger partial charge in [0.05, 0.1) is 29.7 Å². The highest BCUT2D eigenvalue weighted by Crippen LogP contribution is 2.26. The van der Waals surface area contributed by atoms with Gasteiger partial charge < -0.3 is 30.1 Å². The molecule has 0 unspecified atom stereocenters. The number of nitrogens with one attached hydrogen (secondary N) is 2. The van der Waals surface area contributed by atoms with Crippen LogP contribution in [0.2, 0.25) is 0 Å². The van der Waals surface area contributed by atoms with Gasteiger partial charge in [-0.15, -0.1) is 0 Å². The molecule has 4 aromatic rings. The topological polar surface area (TPSA) is 151 Å². The van der Waals surface area contributed by atoms with Gasteiger partial charge in [-0.1, -0.05) is 50.6 Å². The van der Waals surface area contributed by atoms with Crippen molar-refractivity contribution < 1.29 is 19.5 Å². The predicted octanol–water partition coefficient (Wildman–Crippen LogP) is 2.91. The molecule has 2 aliphatic heterocycles. The number of fused-ring (bicyclic) bond motifs is 2. The van der Waals surface area contributed by atoms with Gasteiger partial charge in [-0.05, 0) is 55.9 Å². The molecule has 0 saturated carbocycles. The number of benzene rings is 2. The van der Waals surface area contributed by atoms with Crippen molar-refractivity contribution >= 4 is 34.7 Å². The van der Waals surface area contributed by atoms with Crippen LogP contribution in [-0.4, -0.2) is 90.4 Å². The molecule has 2 aliphatic rings. The molecule has 6 rings (SSSR count). The summed E-state index contributed by atoms with van der Waals surface area (Å²) >= 11 is 0. The van der Waals surface area contributed by atoms with Crippen molar-refractivity contribution in [3.05, 3.63) is 71.3 Å². The number of aryl methyl sites for hydroxylation is 2. The molecule has 0 radical (unpaired) electrons. The number of hydrogen-bond donors (Lipinski definition) is 3. The van der Waals surface area contributed by atoms with Crippen LogP contribution < -0.4 is 15.5 Å². The summed E-state index contributed by atoms with van der Waals surface area (Å²) in [5, 5.41) is 20.9. The number of amides is 3. The van der Waals surface area contributed by atoms with Crippen molar-refractivity contribution in [2.45, 2.75) is 77.6 Å². The SMILES string of the molecule is CC[C@H](C)[C@@H]1NC(=O)CCCN(C(=O)c2ccc3c(c2)nc(N2CC[C@H](O)C2)n3C)CCn2nc(C)nc2[C@H](Cc2ccccc2)NC1=O. The number of carbonyl (C=O) groups is 3. The number of aromatic nitrogens is 5. The quantitative estimate of drug-likeness (QED) is 0.284. The highest BCUT2D eigenvalue weighted by Gasteiger charge is 2.31. The van der Waals surface area contributed by atoms with Gasteiger partial charge in [-0.2, -0.15) is 5.10 Å². The maximum Gasteiger partial charge on any atom is 0.253 e. The Bertz CT molecular complexity index is 1800. The third-order valence-electron chi connectivity index (χ3n) is 9.78. The van der Waals surface area contributed by atoms with E-state index in [4.69, 9.17) is 15.1 Å². The van der Waals surface area contributed by atoms with E-state index in [1.165, 1.54) is 0 Å². The molecule has 2 aromatic heterocycles. The van der Waals surface area contributed by atoms with E-state index in [1.807, 2.05) is 80.9 Å². The van der Waals surface area contributed by atoms with Crippen molar-refractivity contribution in [3.8, 4) is 0 Å². The maximum absolute atomic E-state index is 14.1. The van der Waals surface area contributed by atoms with E-state index in [-0.39, 0.29) is 36.2 Å². The normalized spacial score (nSPS) is 21.6. The third kappa shape index (κ3) is 7.61. The van der Waals surface area contributed by atoms with Crippen molar-refractivity contribution in [1.29, 1.82) is 0 Å². The van der Waals surface area contributed by atoms with Crippen molar-refractivity contribution in [2.75, 3.05) is 31.1 Å². The van der Waals surface area contributed by atoms with Crippen LogP contribution in [0.25, 0.3) is 11.0 Å². The first kappa shape index (κ1) is 34.1. The highest BCUT2D eigenvalue weighted by atomic mass is 16.3. The Kier molecular flexibility index (Phi) is 10.3. The number of aliphatic hydroxyl groups is 1. The van der Waals surface area contributed by atoms with Crippen LogP contribution in [0.1, 0.15) is 73.1 Å². The number of rotatable bonds is 6. The van der Waals surface area contributed by atoms with Gasteiger partial charge in [0, 0.05) is 45.2 Å². The molecule has 0 bridgehead atoms. The maximum atomic E-state index is 14.1. The molecular formula is C36H47N9O4. The summed E-state index contributed by atoms with van der Waals surface area (Å²) in [5.41, 5.74) is 3.13. The molecule has 13 heteroatoms. The molecule has 1 fully saturated rings. The van der Waals surface area contributed by atoms with Crippen LogP contribution in [0.4, 0.5) is 5.95 Å². The second-order valence-corrected chi connectivity index (χ2v) is 13.4. The Labute approximate surface area is 286 Å². The Hall–Kier alpha value is -4.78. The zero-order valence-corrected chi connectivity index (χ0v) is 28.8. The first-order valence-electron chi connectivity index (χ1n) is 17.3. The molecule has 4 atom stereocenters. The van der Waals surface area contributed by atoms with Crippen LogP contribution in [0.3, 0.4) is 0 Å². The zero-order chi connectivity index (χ0) is 34.7. The number of anilines is 1. The number of aliphatic hydroxyl groups excluding tert-OH is 1. The average Bonchev–Trinajstić information content (AvgIpc) is 3.79. The highest BCUT2D eigenvalue weighted by molar-refractivity contribution is 5.98. The fourth-order valence-corrected chi connectivity index (χ4v) is 6.83. The second kappa shape index (κ2) is 14.8. The Morgan fingerprint density at radius 1 is 1.04 bits per heavy atom. The Morgan fingerprint density at radius 3 is 2.57 bits per heavy atom. The van der Waals surface area contributed by atoms with Crippen LogP contribution in [0, 0.1) is 12.8 Å². The number of carbonyl (C=O) groups excluding carboxylic acids is 3. The smallest absolute Gasteiger partial charge is 0.253 e. The third-order valence-corrected chi connectivity index (χ3v) is 9.78. The van der Waals surface area contributed by atoms with Gasteiger partial charge in [0.2, 0.25) is 17.8 Å². The molecule has 3 N–H and O–H groups in total. The van der Waals surface area contributed by atoms with Crippen molar-refractivity contribution in [3.63, 3.8) is 0 Å². The molecular weight excluding hydrogens is 622 g/mol. The van der Waals surface area contributed by atoms with Crippen molar-refractivity contribution in [2.24, 2.45) is 13.0 Å². The van der Waals surface area contributed by atoms with Gasteiger partial charge in [0.25, 0.3) is 5.91 Å². The number of hydrogen-bond acceptors (Lipinski definition) is 8. The summed E-state index contributed by atoms with van der Waals surface area (Å²) in [4.78, 5) is 54.6. The van der Waals surface area contributed by atoms with Crippen LogP contribution in [0.15, 0.2) is 48.5 Å². The van der Waals surface area contributed by atoms with Crippen LogP contribution in [0.5, 0.6) is 0 Å². The molecule has 0 spiro atoms. The van der Waals surface area contributed by atoms with E-state index in [9.17, 15) is 19.5 Å². The summed E-state index contributed by atoms with van der Waals surface area (Å²) in [5.74, 6) is 1.20. The van der Waals surface area contributed by atoms with Gasteiger partial charge in [-0.3, -0.25) is 14.4 Å². The molecule has 49 heavy (non-hydrogen) atoms. The number of nitrogens with zero attached hydrogens (tertiary/aromatic N) is 7. The summed E-state index contributed by atoms with van der Waals surface area (Å²) in [6.45, 7) is 8.07. The molecule has 260 valence electrons. The van der Waals surface area contributed by atoms with E-state index in [0.717, 1.165) is 23.6 Å². The van der Waals surface area contributed by atoms with E-state index < -0.39 is 12.1 Å². The molecule has 2 aromatic carbocycles. The van der Waals surface area contributed by atoms with E-state index in [2.05, 4.69) is 15.5 Å². The standard InChI is InChI=1S/C36H47N9O4/c1-5-23(2)32-34(48)38-29(20-25-10-7-6-8-11-25)33-37-24(3)41-45(33)19-18-43(16-9-12-31(47)40-32)35(49)26-13-14-30-28(21-26)39-36(42(30)4)44-17-15-27(46)22-44/h6-8,10-11,13-14,21,23,27,29,32,46H,5,9,12,15-20,22H2,1-4H3,(H,38,48)(H,40,47)/t23-,27-,29-,32-/m0/s1. The zero-order valence-electron chi connectivity index (χ0n) is 28.8. The monoisotopic (exact) mass is 669 g/mol. The minimum Gasteiger partial charge on any atom is -0.391 e. The van der Waals surface area contributed by atoms with Gasteiger partial charge in [0.1, 0.15) is 17.7 Å². The molecule has 1 saturated heterocycles. The lowest BCUT2D eigenvalue weighted by Crippen LogP contribution is -2.51. The Balaban J connectivity index is 1.31. The second-order valence-electron chi connectivity index (χ2n) is 13.4. The lowest BCUT2D eigenvalue weighted by Gasteiger charge is -2.28. The van der Waals surface area contributed by atoms with Crippen LogP contribution >= 0.6 is 0 Å². The van der Waals surface area contributed by atoms with E-state index in [0.29, 0.717) is 74.6 Å². The minimum atomic E-state index is -0.715. The van der Waals surface area contributed by atoms with Gasteiger partial charge in [-0.25, -0.2) is 14.6 Å². The lowest BCUT2D eigenvalue weighted by molar-refractivity contribution is -0.130. The minimum absolute atomic E-state index is 0.0931. The number of imidazole rings is 1. The summed E-state index contributed by atoms with van der Waals surface area (Å²) in [6, 6.07) is 14.2. The molecule has 0 aliphatic carbocycles. The Morgan fingerprint density at radius 2 is 1.84 bits per heavy atom. The largest absolute Gasteiger partial charge is 0.391 e. The van der Waals surface area contributed by atoms with Gasteiger partial charge >= 0.3 is 0 Å². The fourth-order valence-electron chi connectivity index (χ4n) is 6.83. The lowest BCUT2D eigenvalue weighted by atomic mass is 9.97. The summed E-state index contributed by atoms with van der Waals surface area (Å²) in [6.07, 6.45) is 2.12. The molecule has 3 amide bonds. The molecule has 4 heterocycles. The summed E-state index contributed by atoms with van der Waals surface area (Å²) < 4.78 is 3.79. The van der Waals surface area contributed by atoms with E-state index >= 15 is 0 Å². The van der Waals surface area contributed by atoms with Crippen LogP contribution in [-0.2, 0) is 29.6 Å². The molecule has 13 nitrogen and oxygen atoms in total. The first-order chi connectivity index (χ1) is 23.6. The van der Waals surface area contributed by atoms with E-state index in [1.54, 1.807) is 9.58 Å². The first-order valence-corrected chi connectivity index (χ1v) is 17.3. The van der Waals surface area contributed by atoms with Gasteiger partial charge in [0.15, 0.2) is 0 Å². The summed E-state index contributed by atoms with van der Waals surface area (Å²) in [7, 11) is 1.94. The average molecular weight is 670 g/mol. The fraction of sp³-hybridized carbons (Fsp3) is 0.500. The number of β-amino-alcohol motifs (C(OH)–C–C–N with tert-alkyl or cyclic N) is 1. The van der Waals surface area contributed by atoms with Crippen molar-refractivity contribution in [1.82, 2.24) is 39.8 Å². The predicted molar refractivity (Wildman–Crippen MR) is 186 cm³/mol.